The van der Waals surface area contributed by atoms with Crippen LogP contribution >= 0.6 is 0 Å². The van der Waals surface area contributed by atoms with Crippen LogP contribution < -0.4 is 0 Å². The van der Waals surface area contributed by atoms with E-state index in [4.69, 9.17) is 0 Å². The molecule has 1 rings (SSSR count). The van der Waals surface area contributed by atoms with Crippen molar-refractivity contribution in [2.75, 3.05) is 13.2 Å². The van der Waals surface area contributed by atoms with Gasteiger partial charge in [0.25, 0.3) is 0 Å². The second kappa shape index (κ2) is 4.75. The second-order valence-electron chi connectivity index (χ2n) is 4.24. The van der Waals surface area contributed by atoms with E-state index in [1.807, 2.05) is 13.8 Å². The van der Waals surface area contributed by atoms with Gasteiger partial charge in [0.15, 0.2) is 0 Å². The number of carbonyl (C=O) groups excluding carboxylic acids is 2. The summed E-state index contributed by atoms with van der Waals surface area (Å²) in [5, 5.41) is 9.36. The lowest BCUT2D eigenvalue weighted by molar-refractivity contribution is -0.140. The monoisotopic (exact) mass is 213 g/mol. The third kappa shape index (κ3) is 2.37. The molecule has 0 saturated carbocycles. The highest BCUT2D eigenvalue weighted by molar-refractivity contribution is 6.01. The van der Waals surface area contributed by atoms with Gasteiger partial charge < -0.3 is 5.11 Å². The van der Waals surface area contributed by atoms with E-state index < -0.39 is 0 Å². The predicted octanol–water partition coefficient (Wildman–Crippen LogP) is 0.934. The molecule has 15 heavy (non-hydrogen) atoms. The summed E-state index contributed by atoms with van der Waals surface area (Å²) in [7, 11) is 0. The number of rotatable bonds is 5. The molecule has 0 aromatic carbocycles. The van der Waals surface area contributed by atoms with E-state index in [-0.39, 0.29) is 23.8 Å². The van der Waals surface area contributed by atoms with Crippen molar-refractivity contribution >= 4 is 11.8 Å². The van der Waals surface area contributed by atoms with Crippen molar-refractivity contribution < 1.29 is 14.7 Å². The molecule has 4 nitrogen and oxygen atoms in total. The minimum Gasteiger partial charge on any atom is -0.396 e. The molecule has 0 atom stereocenters. The summed E-state index contributed by atoms with van der Waals surface area (Å²) in [6, 6.07) is 0. The Morgan fingerprint density at radius 1 is 1.20 bits per heavy atom. The Morgan fingerprint density at radius 3 is 2.00 bits per heavy atom. The number of nitrogens with zero attached hydrogens (tertiary/aromatic N) is 1. The van der Waals surface area contributed by atoms with Gasteiger partial charge in [-0.1, -0.05) is 13.8 Å². The highest BCUT2D eigenvalue weighted by atomic mass is 16.3. The van der Waals surface area contributed by atoms with E-state index in [9.17, 15) is 14.7 Å². The summed E-state index contributed by atoms with van der Waals surface area (Å²) < 4.78 is 0. The average Bonchev–Trinajstić information content (AvgIpc) is 2.57. The smallest absolute Gasteiger partial charge is 0.229 e. The number of amides is 2. The fourth-order valence-corrected chi connectivity index (χ4v) is 1.88. The van der Waals surface area contributed by atoms with E-state index >= 15 is 0 Å². The number of carbonyl (C=O) groups is 2. The van der Waals surface area contributed by atoms with Gasteiger partial charge >= 0.3 is 0 Å². The average molecular weight is 213 g/mol. The van der Waals surface area contributed by atoms with Gasteiger partial charge in [0.2, 0.25) is 11.8 Å². The molecular formula is C11H19NO3. The minimum absolute atomic E-state index is 0.0249. The highest BCUT2D eigenvalue weighted by Crippen LogP contribution is 2.29. The Morgan fingerprint density at radius 2 is 1.67 bits per heavy atom. The third-order valence-corrected chi connectivity index (χ3v) is 3.48. The molecule has 2 amide bonds. The maximum Gasteiger partial charge on any atom is 0.229 e. The molecule has 0 aromatic rings. The Kier molecular flexibility index (Phi) is 3.85. The molecule has 1 saturated heterocycles. The summed E-state index contributed by atoms with van der Waals surface area (Å²) >= 11 is 0. The second-order valence-corrected chi connectivity index (χ2v) is 4.24. The summed E-state index contributed by atoms with van der Waals surface area (Å²) in [6.07, 6.45) is 2.20. The van der Waals surface area contributed by atoms with Crippen LogP contribution in [0.2, 0.25) is 0 Å². The van der Waals surface area contributed by atoms with E-state index in [0.717, 1.165) is 12.8 Å². The van der Waals surface area contributed by atoms with Gasteiger partial charge in [0, 0.05) is 24.8 Å². The zero-order chi connectivity index (χ0) is 11.5. The Bertz CT molecular complexity index is 234. The number of hydrogen-bond acceptors (Lipinski definition) is 3. The molecule has 1 heterocycles. The molecule has 1 aliphatic rings. The molecule has 1 aliphatic heterocycles. The van der Waals surface area contributed by atoms with Gasteiger partial charge in [-0.2, -0.15) is 0 Å². The molecular weight excluding hydrogens is 194 g/mol. The van der Waals surface area contributed by atoms with Gasteiger partial charge in [-0.3, -0.25) is 14.5 Å². The largest absolute Gasteiger partial charge is 0.396 e. The predicted molar refractivity (Wildman–Crippen MR) is 56.1 cm³/mol. The molecule has 0 radical (unpaired) electrons. The van der Waals surface area contributed by atoms with Crippen molar-refractivity contribution in [1.82, 2.24) is 4.90 Å². The lowest BCUT2D eigenvalue weighted by Crippen LogP contribution is -2.42. The molecule has 4 heteroatoms. The van der Waals surface area contributed by atoms with Gasteiger partial charge in [-0.05, 0) is 12.8 Å². The third-order valence-electron chi connectivity index (χ3n) is 3.48. The summed E-state index contributed by atoms with van der Waals surface area (Å²) in [5.41, 5.74) is -0.310. The van der Waals surface area contributed by atoms with Crippen LogP contribution in [0.4, 0.5) is 0 Å². The molecule has 0 spiro atoms. The fourth-order valence-electron chi connectivity index (χ4n) is 1.88. The van der Waals surface area contributed by atoms with Crippen LogP contribution in [-0.4, -0.2) is 35.0 Å². The van der Waals surface area contributed by atoms with E-state index in [1.54, 1.807) is 0 Å². The molecule has 0 aromatic heterocycles. The first-order valence-electron chi connectivity index (χ1n) is 5.52. The lowest BCUT2D eigenvalue weighted by atomic mass is 9.83. The van der Waals surface area contributed by atoms with Crippen LogP contribution in [0.1, 0.15) is 39.5 Å². The summed E-state index contributed by atoms with van der Waals surface area (Å²) in [5.74, 6) is -0.195. The van der Waals surface area contributed by atoms with Gasteiger partial charge in [-0.25, -0.2) is 0 Å². The van der Waals surface area contributed by atoms with Crippen LogP contribution in [0.5, 0.6) is 0 Å². The van der Waals surface area contributed by atoms with E-state index in [0.29, 0.717) is 19.4 Å². The van der Waals surface area contributed by atoms with Crippen molar-refractivity contribution in [3.05, 3.63) is 0 Å². The number of hydrogen-bond donors (Lipinski definition) is 1. The highest BCUT2D eigenvalue weighted by Gasteiger charge is 2.36. The lowest BCUT2D eigenvalue weighted by Gasteiger charge is -2.32. The van der Waals surface area contributed by atoms with Gasteiger partial charge in [-0.15, -0.1) is 0 Å². The van der Waals surface area contributed by atoms with Crippen molar-refractivity contribution in [3.63, 3.8) is 0 Å². The number of imide groups is 1. The Hall–Kier alpha value is -0.900. The fraction of sp³-hybridized carbons (Fsp3) is 0.818. The van der Waals surface area contributed by atoms with Crippen molar-refractivity contribution in [2.45, 2.75) is 39.5 Å². The Balaban J connectivity index is 2.73. The summed E-state index contributed by atoms with van der Waals surface area (Å²) in [4.78, 5) is 24.2. The van der Waals surface area contributed by atoms with Crippen molar-refractivity contribution in [1.29, 1.82) is 0 Å². The van der Waals surface area contributed by atoms with Crippen LogP contribution in [0, 0.1) is 5.41 Å². The van der Waals surface area contributed by atoms with Crippen molar-refractivity contribution in [2.24, 2.45) is 5.41 Å². The first-order valence-corrected chi connectivity index (χ1v) is 5.52. The maximum absolute atomic E-state index is 11.4. The van der Waals surface area contributed by atoms with Crippen molar-refractivity contribution in [3.8, 4) is 0 Å². The molecule has 0 bridgehead atoms. The zero-order valence-electron chi connectivity index (χ0n) is 9.45. The topological polar surface area (TPSA) is 57.6 Å². The van der Waals surface area contributed by atoms with Gasteiger partial charge in [0.05, 0.1) is 6.61 Å². The minimum atomic E-state index is -0.310. The Labute approximate surface area is 90.3 Å². The standard InChI is InChI=1S/C11H19NO3/c1-3-11(4-2,8-13)7-12-9(14)5-6-10(12)15/h13H,3-8H2,1-2H3. The maximum atomic E-state index is 11.4. The van der Waals surface area contributed by atoms with Gasteiger partial charge in [0.1, 0.15) is 0 Å². The first kappa shape index (κ1) is 12.2. The molecule has 86 valence electrons. The number of likely N-dealkylation sites (tertiary alicyclic amines) is 1. The molecule has 1 N–H and O–H groups in total. The molecule has 1 fully saturated rings. The number of aliphatic hydroxyl groups is 1. The number of aliphatic hydroxyl groups excluding tert-OH is 1. The molecule has 0 unspecified atom stereocenters. The van der Waals surface area contributed by atoms with Crippen LogP contribution in [0.15, 0.2) is 0 Å². The van der Waals surface area contributed by atoms with Crippen LogP contribution in [0.25, 0.3) is 0 Å². The van der Waals surface area contributed by atoms with Crippen LogP contribution in [-0.2, 0) is 9.59 Å². The zero-order valence-corrected chi connectivity index (χ0v) is 9.45. The quantitative estimate of drug-likeness (QED) is 0.691. The normalized spacial score (nSPS) is 17.7. The molecule has 0 aliphatic carbocycles. The van der Waals surface area contributed by atoms with Crippen LogP contribution in [0.3, 0.4) is 0 Å². The summed E-state index contributed by atoms with van der Waals surface area (Å²) in [6.45, 7) is 4.35. The first-order chi connectivity index (χ1) is 7.08. The SMILES string of the molecule is CCC(CC)(CO)CN1C(=O)CCC1=O. The van der Waals surface area contributed by atoms with E-state index in [1.165, 1.54) is 4.90 Å². The van der Waals surface area contributed by atoms with E-state index in [2.05, 4.69) is 0 Å².